The number of hydrogen-bond acceptors (Lipinski definition) is 2. The Morgan fingerprint density at radius 3 is 2.35 bits per heavy atom. The molecule has 0 aromatic carbocycles. The van der Waals surface area contributed by atoms with E-state index >= 15 is 0 Å². The van der Waals surface area contributed by atoms with Crippen molar-refractivity contribution < 1.29 is 9.21 Å². The molecular formula is C32H50O2. The third-order valence-corrected chi connectivity index (χ3v) is 8.77. The van der Waals surface area contributed by atoms with Crippen molar-refractivity contribution in [1.29, 1.82) is 0 Å². The highest BCUT2D eigenvalue weighted by Gasteiger charge is 2.52. The maximum atomic E-state index is 11.8. The summed E-state index contributed by atoms with van der Waals surface area (Å²) in [5.41, 5.74) is 5.30. The van der Waals surface area contributed by atoms with Crippen LogP contribution in [0.5, 0.6) is 0 Å². The quantitative estimate of drug-likeness (QED) is 0.406. The average molecular weight is 467 g/mol. The standard InChI is InChI=1S/C19H26O.C6H12.C5H6O.C2H6/c1-18-9-3-4-16(18)15-6-5-13-12-14(20)7-11-19(13,2)17(15)8-10-18;1-4-6(3)5-2;1-5-3-2-4-6-5;1-2/h8,12,15-16H,3-7,9-11H2,1-2H3;3-5H2,1-2H3;2-4H,1H3;1-2H3. The van der Waals surface area contributed by atoms with Crippen LogP contribution in [0.2, 0.25) is 0 Å². The summed E-state index contributed by atoms with van der Waals surface area (Å²) in [5.74, 6) is 3.05. The smallest absolute Gasteiger partial charge is 0.155 e. The molecule has 5 rings (SSSR count). The molecular weight excluding hydrogens is 416 g/mol. The van der Waals surface area contributed by atoms with Crippen LogP contribution in [0.15, 0.2) is 58.3 Å². The molecule has 0 N–H and O–H groups in total. The number of hydrogen-bond donors (Lipinski definition) is 0. The van der Waals surface area contributed by atoms with Gasteiger partial charge < -0.3 is 4.42 Å². The van der Waals surface area contributed by atoms with Crippen LogP contribution < -0.4 is 0 Å². The first-order valence-corrected chi connectivity index (χ1v) is 13.8. The predicted molar refractivity (Wildman–Crippen MR) is 146 cm³/mol. The van der Waals surface area contributed by atoms with Crippen LogP contribution >= 0.6 is 0 Å². The van der Waals surface area contributed by atoms with E-state index in [0.29, 0.717) is 11.2 Å². The Bertz CT molecular complexity index is 850. The zero-order valence-electron chi connectivity index (χ0n) is 23.1. The lowest BCUT2D eigenvalue weighted by molar-refractivity contribution is -0.115. The molecule has 190 valence electrons. The fraction of sp³-hybridized carbons (Fsp3) is 0.656. The monoisotopic (exact) mass is 466 g/mol. The van der Waals surface area contributed by atoms with Gasteiger partial charge >= 0.3 is 0 Å². The molecule has 4 aliphatic rings. The fourth-order valence-corrected chi connectivity index (χ4v) is 6.46. The third-order valence-electron chi connectivity index (χ3n) is 8.77. The fourth-order valence-electron chi connectivity index (χ4n) is 6.46. The first kappa shape index (κ1) is 28.4. The summed E-state index contributed by atoms with van der Waals surface area (Å²) in [5, 5.41) is 0. The SMILES string of the molecule is C=C(CC)CC.CC.CC12CCC(=O)C=C1CCC1C2=CCC2(C)CCCC12.Cc1ccco1. The Labute approximate surface area is 210 Å². The molecule has 0 aliphatic heterocycles. The summed E-state index contributed by atoms with van der Waals surface area (Å²) in [6, 6.07) is 3.79. The normalized spacial score (nSPS) is 30.9. The summed E-state index contributed by atoms with van der Waals surface area (Å²) in [7, 11) is 0. The zero-order chi connectivity index (χ0) is 25.4. The van der Waals surface area contributed by atoms with Gasteiger partial charge in [0, 0.05) is 11.8 Å². The molecule has 2 fully saturated rings. The second-order valence-electron chi connectivity index (χ2n) is 10.8. The van der Waals surface area contributed by atoms with Crippen molar-refractivity contribution in [2.24, 2.45) is 22.7 Å². The maximum Gasteiger partial charge on any atom is 0.155 e. The van der Waals surface area contributed by atoms with Gasteiger partial charge in [0.25, 0.3) is 0 Å². The number of ketones is 1. The van der Waals surface area contributed by atoms with Crippen molar-refractivity contribution in [2.75, 3.05) is 0 Å². The lowest BCUT2D eigenvalue weighted by atomic mass is 9.52. The molecule has 0 amide bonds. The van der Waals surface area contributed by atoms with Gasteiger partial charge in [0.2, 0.25) is 0 Å². The van der Waals surface area contributed by atoms with E-state index in [1.165, 1.54) is 43.3 Å². The minimum absolute atomic E-state index is 0.223. The number of furan rings is 1. The summed E-state index contributed by atoms with van der Waals surface area (Å²) in [6.45, 7) is 18.9. The largest absolute Gasteiger partial charge is 0.470 e. The highest BCUT2D eigenvalue weighted by atomic mass is 16.3. The van der Waals surface area contributed by atoms with Crippen molar-refractivity contribution in [3.63, 3.8) is 0 Å². The molecule has 0 radical (unpaired) electrons. The minimum atomic E-state index is 0.223. The molecule has 4 unspecified atom stereocenters. The Balaban J connectivity index is 0.000000241. The Morgan fingerprint density at radius 1 is 1.12 bits per heavy atom. The van der Waals surface area contributed by atoms with E-state index in [4.69, 9.17) is 4.42 Å². The van der Waals surface area contributed by atoms with Crippen molar-refractivity contribution in [1.82, 2.24) is 0 Å². The van der Waals surface area contributed by atoms with Crippen LogP contribution in [0.25, 0.3) is 0 Å². The molecule has 1 aromatic heterocycles. The number of carbonyl (C=O) groups is 1. The van der Waals surface area contributed by atoms with Gasteiger partial charge in [-0.2, -0.15) is 0 Å². The van der Waals surface area contributed by atoms with Gasteiger partial charge in [-0.1, -0.05) is 77.3 Å². The van der Waals surface area contributed by atoms with Crippen LogP contribution in [0.1, 0.15) is 112 Å². The van der Waals surface area contributed by atoms with Crippen molar-refractivity contribution >= 4 is 5.78 Å². The maximum absolute atomic E-state index is 11.8. The van der Waals surface area contributed by atoms with E-state index in [-0.39, 0.29) is 5.41 Å². The van der Waals surface area contributed by atoms with E-state index < -0.39 is 0 Å². The third kappa shape index (κ3) is 6.43. The molecule has 2 saturated carbocycles. The first-order chi connectivity index (χ1) is 16.2. The summed E-state index contributed by atoms with van der Waals surface area (Å²) < 4.78 is 4.83. The molecule has 0 bridgehead atoms. The highest BCUT2D eigenvalue weighted by Crippen LogP contribution is 2.62. The van der Waals surface area contributed by atoms with Crippen molar-refractivity contribution in [3.8, 4) is 0 Å². The number of carbonyl (C=O) groups excluding carboxylic acids is 1. The van der Waals surface area contributed by atoms with Crippen LogP contribution in [0.4, 0.5) is 0 Å². The molecule has 2 nitrogen and oxygen atoms in total. The van der Waals surface area contributed by atoms with Crippen LogP contribution in [0, 0.1) is 29.6 Å². The van der Waals surface area contributed by atoms with Crippen LogP contribution in [-0.4, -0.2) is 5.78 Å². The predicted octanol–water partition coefficient (Wildman–Crippen LogP) is 9.81. The van der Waals surface area contributed by atoms with E-state index in [9.17, 15) is 4.79 Å². The number of allylic oxidation sites excluding steroid dienone is 5. The van der Waals surface area contributed by atoms with Gasteiger partial charge in [-0.15, -0.1) is 0 Å². The van der Waals surface area contributed by atoms with E-state index in [2.05, 4.69) is 40.3 Å². The molecule has 1 heterocycles. The molecule has 0 spiro atoms. The van der Waals surface area contributed by atoms with E-state index in [0.717, 1.165) is 49.7 Å². The number of fused-ring (bicyclic) bond motifs is 5. The Kier molecular flexibility index (Phi) is 10.7. The second-order valence-corrected chi connectivity index (χ2v) is 10.8. The van der Waals surface area contributed by atoms with Gasteiger partial charge in [-0.3, -0.25) is 4.79 Å². The lowest BCUT2D eigenvalue weighted by Crippen LogP contribution is -2.42. The Morgan fingerprint density at radius 2 is 1.82 bits per heavy atom. The average Bonchev–Trinajstić information content (AvgIpc) is 3.49. The van der Waals surface area contributed by atoms with Crippen molar-refractivity contribution in [2.45, 2.75) is 113 Å². The van der Waals surface area contributed by atoms with Gasteiger partial charge in [0.1, 0.15) is 5.76 Å². The second kappa shape index (κ2) is 12.8. The molecule has 1 aromatic rings. The number of aryl methyl sites for hydroxylation is 1. The van der Waals surface area contributed by atoms with Gasteiger partial charge in [-0.05, 0) is 93.7 Å². The molecule has 4 atom stereocenters. The molecule has 0 saturated heterocycles. The van der Waals surface area contributed by atoms with Gasteiger partial charge in [0.15, 0.2) is 5.78 Å². The summed E-state index contributed by atoms with van der Waals surface area (Å²) >= 11 is 0. The minimum Gasteiger partial charge on any atom is -0.470 e. The summed E-state index contributed by atoms with van der Waals surface area (Å²) in [6.07, 6.45) is 18.4. The lowest BCUT2D eigenvalue weighted by Gasteiger charge is -2.52. The highest BCUT2D eigenvalue weighted by molar-refractivity contribution is 5.92. The molecule has 2 heteroatoms. The van der Waals surface area contributed by atoms with E-state index in [1.807, 2.05) is 39.0 Å². The first-order valence-electron chi connectivity index (χ1n) is 13.8. The number of rotatable bonds is 2. The van der Waals surface area contributed by atoms with Crippen LogP contribution in [0.3, 0.4) is 0 Å². The van der Waals surface area contributed by atoms with E-state index in [1.54, 1.807) is 11.8 Å². The molecule has 34 heavy (non-hydrogen) atoms. The van der Waals surface area contributed by atoms with Gasteiger partial charge in [0.05, 0.1) is 6.26 Å². The molecule has 4 aliphatic carbocycles. The summed E-state index contributed by atoms with van der Waals surface area (Å²) in [4.78, 5) is 11.8. The zero-order valence-corrected chi connectivity index (χ0v) is 23.1. The Hall–Kier alpha value is -1.83. The topological polar surface area (TPSA) is 30.2 Å². The van der Waals surface area contributed by atoms with Gasteiger partial charge in [-0.25, -0.2) is 0 Å². The van der Waals surface area contributed by atoms with Crippen LogP contribution in [-0.2, 0) is 4.79 Å². The van der Waals surface area contributed by atoms with Crippen molar-refractivity contribution in [3.05, 3.63) is 59.6 Å².